The summed E-state index contributed by atoms with van der Waals surface area (Å²) in [6.07, 6.45) is 7.20. The molecule has 12 nitrogen and oxygen atoms in total. The second-order valence-corrected chi connectivity index (χ2v) is 17.8. The van der Waals surface area contributed by atoms with E-state index < -0.39 is 76.2 Å². The molecule has 8 rings (SSSR count). The predicted molar refractivity (Wildman–Crippen MR) is 242 cm³/mol. The van der Waals surface area contributed by atoms with Gasteiger partial charge in [-0.3, -0.25) is 19.4 Å². The molecule has 5 N–H and O–H groups in total. The zero-order chi connectivity index (χ0) is 44.2. The quantitative estimate of drug-likeness (QED) is 0.111. The number of alkyl halides is 1. The van der Waals surface area contributed by atoms with E-state index in [1.165, 1.54) is 36.4 Å². The first-order valence-corrected chi connectivity index (χ1v) is 21.0. The third kappa shape index (κ3) is 7.95. The molecule has 4 aromatic rings. The number of rotatable bonds is 11. The predicted octanol–water partition coefficient (Wildman–Crippen LogP) is 7.19. The van der Waals surface area contributed by atoms with E-state index in [2.05, 4.69) is 10.3 Å². The number of halogens is 3. The average molecular weight is 917 g/mol. The standard InChI is InChI=1S/C49H50FN3O9.2ClH/c1-28-20-40-39-15-13-35-22-37(54)16-18-46(35,2)48(39,50)41(55)23-47(40,3)49(28,60)42(56)27-62-45(59)32-10-8-31(9-11-32)44(58)61-26-29-4-6-30(7-5-29)38(24-51)43(57)53-36-14-12-34-25-52-19-17-33(34)21-36;;/h4-12,14,16-19,21-22,25,28,38-41,55,60H,13,15,20,23-24,26-27,51H2,1-3H3,(H,53,57);2*1H/t28-,38-,39+,40+,41+,46+,47+,48+,49+;;/m1../s1. The lowest BCUT2D eigenvalue weighted by Gasteiger charge is -2.62. The SMILES string of the molecule is C[C@@H]1C[C@H]2[C@@H]3CCC4=CC(=O)C=C[C@]4(C)[C@@]3(F)[C@@H](O)C[C@]2(C)[C@@]1(O)C(=O)COC(=O)c1ccc(C(=O)OCc2ccc([C@@H](CN)C(=O)Nc3ccc4cnccc4c3)cc2)cc1.Cl.Cl. The molecule has 15 heteroatoms. The molecule has 0 aliphatic heterocycles. The van der Waals surface area contributed by atoms with Crippen LogP contribution in [0.2, 0.25) is 0 Å². The number of anilines is 1. The largest absolute Gasteiger partial charge is 0.457 e. The molecule has 338 valence electrons. The molecule has 3 aromatic carbocycles. The monoisotopic (exact) mass is 915 g/mol. The van der Waals surface area contributed by atoms with Gasteiger partial charge in [0, 0.05) is 46.8 Å². The minimum absolute atomic E-state index is 0. The van der Waals surface area contributed by atoms with Gasteiger partial charge in [-0.15, -0.1) is 24.8 Å². The van der Waals surface area contributed by atoms with Gasteiger partial charge < -0.3 is 30.7 Å². The van der Waals surface area contributed by atoms with E-state index in [1.54, 1.807) is 69.6 Å². The summed E-state index contributed by atoms with van der Waals surface area (Å²) >= 11 is 0. The van der Waals surface area contributed by atoms with Gasteiger partial charge in [0.15, 0.2) is 18.1 Å². The number of fused-ring (bicyclic) bond motifs is 6. The molecule has 9 atom stereocenters. The summed E-state index contributed by atoms with van der Waals surface area (Å²) in [5.74, 6) is -5.09. The molecule has 0 spiro atoms. The van der Waals surface area contributed by atoms with Crippen LogP contribution in [0.4, 0.5) is 10.1 Å². The molecule has 1 heterocycles. The van der Waals surface area contributed by atoms with E-state index >= 15 is 4.39 Å². The molecule has 4 aliphatic carbocycles. The van der Waals surface area contributed by atoms with Gasteiger partial charge in [0.05, 0.1) is 23.1 Å². The van der Waals surface area contributed by atoms with Gasteiger partial charge in [0.2, 0.25) is 11.7 Å². The van der Waals surface area contributed by atoms with E-state index in [0.29, 0.717) is 41.6 Å². The van der Waals surface area contributed by atoms with E-state index in [1.807, 2.05) is 18.2 Å². The summed E-state index contributed by atoms with van der Waals surface area (Å²) in [5, 5.41) is 28.7. The van der Waals surface area contributed by atoms with Gasteiger partial charge in [-0.2, -0.15) is 0 Å². The summed E-state index contributed by atoms with van der Waals surface area (Å²) in [5.41, 5.74) is 2.33. The van der Waals surface area contributed by atoms with Crippen LogP contribution < -0.4 is 11.1 Å². The Morgan fingerprint density at radius 2 is 1.61 bits per heavy atom. The molecule has 3 saturated carbocycles. The maximum Gasteiger partial charge on any atom is 0.338 e. The second kappa shape index (κ2) is 18.3. The highest BCUT2D eigenvalue weighted by molar-refractivity contribution is 6.01. The number of esters is 2. The van der Waals surface area contributed by atoms with Crippen LogP contribution in [-0.4, -0.2) is 75.1 Å². The van der Waals surface area contributed by atoms with Crippen LogP contribution in [0.1, 0.15) is 84.2 Å². The van der Waals surface area contributed by atoms with Gasteiger partial charge >= 0.3 is 11.9 Å². The number of ketones is 2. The Balaban J connectivity index is 0.00000340. The number of carbonyl (C=O) groups excluding carboxylic acids is 5. The molecule has 3 fully saturated rings. The number of aliphatic hydroxyl groups excluding tert-OH is 1. The first-order valence-electron chi connectivity index (χ1n) is 21.0. The highest BCUT2D eigenvalue weighted by Crippen LogP contribution is 2.70. The maximum atomic E-state index is 17.5. The number of ether oxygens (including phenoxy) is 2. The molecule has 0 unspecified atom stereocenters. The van der Waals surface area contributed by atoms with Gasteiger partial charge in [0.1, 0.15) is 12.2 Å². The van der Waals surface area contributed by atoms with Gasteiger partial charge in [0.25, 0.3) is 0 Å². The highest BCUT2D eigenvalue weighted by atomic mass is 35.5. The van der Waals surface area contributed by atoms with Crippen molar-refractivity contribution in [1.82, 2.24) is 4.98 Å². The number of allylic oxidation sites excluding steroid dienone is 4. The number of carbonyl (C=O) groups is 5. The highest BCUT2D eigenvalue weighted by Gasteiger charge is 2.75. The Bertz CT molecular complexity index is 2540. The number of nitrogens with zero attached hydrogens (tertiary/aromatic N) is 1. The van der Waals surface area contributed by atoms with E-state index in [-0.39, 0.29) is 67.2 Å². The number of pyridine rings is 1. The number of amides is 1. The number of hydrogen-bond acceptors (Lipinski definition) is 11. The van der Waals surface area contributed by atoms with Crippen LogP contribution in [0.15, 0.2) is 109 Å². The van der Waals surface area contributed by atoms with Crippen LogP contribution in [0.25, 0.3) is 10.8 Å². The molecule has 64 heavy (non-hydrogen) atoms. The molecule has 0 bridgehead atoms. The van der Waals surface area contributed by atoms with Crippen LogP contribution >= 0.6 is 24.8 Å². The fraction of sp³-hybridized carbons (Fsp3) is 0.388. The van der Waals surface area contributed by atoms with Crippen molar-refractivity contribution in [2.24, 2.45) is 34.3 Å². The molecule has 0 radical (unpaired) electrons. The molecule has 4 aliphatic rings. The van der Waals surface area contributed by atoms with Crippen molar-refractivity contribution < 1.29 is 48.0 Å². The van der Waals surface area contributed by atoms with Crippen molar-refractivity contribution in [1.29, 1.82) is 0 Å². The Morgan fingerprint density at radius 1 is 0.938 bits per heavy atom. The summed E-state index contributed by atoms with van der Waals surface area (Å²) in [7, 11) is 0. The van der Waals surface area contributed by atoms with Crippen molar-refractivity contribution in [3.8, 4) is 0 Å². The summed E-state index contributed by atoms with van der Waals surface area (Å²) in [6.45, 7) is 4.42. The normalized spacial score (nSPS) is 29.4. The van der Waals surface area contributed by atoms with E-state index in [9.17, 15) is 34.2 Å². The number of Topliss-reactive ketones (excluding diaryl/α,β-unsaturated/α-hetero) is 1. The van der Waals surface area contributed by atoms with Gasteiger partial charge in [-0.25, -0.2) is 14.0 Å². The third-order valence-corrected chi connectivity index (χ3v) is 14.6. The lowest BCUT2D eigenvalue weighted by Crippen LogP contribution is -2.69. The minimum atomic E-state index is -2.11. The molecule has 0 saturated heterocycles. The maximum absolute atomic E-state index is 17.5. The van der Waals surface area contributed by atoms with Crippen molar-refractivity contribution >= 4 is 70.7 Å². The van der Waals surface area contributed by atoms with Gasteiger partial charge in [-0.1, -0.05) is 55.8 Å². The first-order chi connectivity index (χ1) is 29.5. The van der Waals surface area contributed by atoms with Crippen LogP contribution in [-0.2, 0) is 30.5 Å². The van der Waals surface area contributed by atoms with E-state index in [0.717, 1.165) is 10.8 Å². The fourth-order valence-electron chi connectivity index (χ4n) is 11.1. The molecule has 1 amide bonds. The Hall–Kier alpha value is -5.31. The Labute approximate surface area is 382 Å². The molecule has 1 aromatic heterocycles. The Morgan fingerprint density at radius 3 is 2.28 bits per heavy atom. The summed E-state index contributed by atoms with van der Waals surface area (Å²) in [4.78, 5) is 69.4. The van der Waals surface area contributed by atoms with Crippen molar-refractivity contribution in [3.05, 3.63) is 131 Å². The summed E-state index contributed by atoms with van der Waals surface area (Å²) in [6, 6.07) is 20.0. The fourth-order valence-corrected chi connectivity index (χ4v) is 11.1. The van der Waals surface area contributed by atoms with Crippen molar-refractivity contribution in [3.63, 3.8) is 0 Å². The number of hydrogen-bond donors (Lipinski definition) is 4. The molecular weight excluding hydrogens is 864 g/mol. The van der Waals surface area contributed by atoms with Crippen molar-refractivity contribution in [2.45, 2.75) is 76.4 Å². The smallest absolute Gasteiger partial charge is 0.338 e. The second-order valence-electron chi connectivity index (χ2n) is 17.8. The number of nitrogens with two attached hydrogens (primary N) is 1. The average Bonchev–Trinajstić information content (AvgIpc) is 3.47. The Kier molecular flexibility index (Phi) is 13.8. The number of benzene rings is 3. The minimum Gasteiger partial charge on any atom is -0.457 e. The topological polar surface area (TPSA) is 195 Å². The van der Waals surface area contributed by atoms with Crippen LogP contribution in [0.5, 0.6) is 0 Å². The zero-order valence-corrected chi connectivity index (χ0v) is 37.3. The zero-order valence-electron chi connectivity index (χ0n) is 35.6. The number of aromatic nitrogens is 1. The van der Waals surface area contributed by atoms with Crippen LogP contribution in [0, 0.1) is 28.6 Å². The van der Waals surface area contributed by atoms with E-state index in [4.69, 9.17) is 15.2 Å². The summed E-state index contributed by atoms with van der Waals surface area (Å²) < 4.78 is 28.4. The number of nitrogens with one attached hydrogen (secondary N) is 1. The number of aliphatic hydroxyl groups is 2. The van der Waals surface area contributed by atoms with Crippen molar-refractivity contribution in [2.75, 3.05) is 18.5 Å². The van der Waals surface area contributed by atoms with Gasteiger partial charge in [-0.05, 0) is 116 Å². The molecular formula is C49H52Cl2FN3O9. The third-order valence-electron chi connectivity index (χ3n) is 14.6. The van der Waals surface area contributed by atoms with Crippen LogP contribution in [0.3, 0.4) is 0 Å². The first kappa shape index (κ1) is 48.2. The lowest BCUT2D eigenvalue weighted by molar-refractivity contribution is -0.219. The lowest BCUT2D eigenvalue weighted by atomic mass is 9.44.